The maximum Gasteiger partial charge on any atom is 0.333 e. The molecule has 0 saturated carbocycles. The zero-order chi connectivity index (χ0) is 18.5. The zero-order valence-corrected chi connectivity index (χ0v) is 15.2. The number of likely N-dealkylation sites (N-methyl/N-ethyl adjacent to an activating group) is 1. The molecule has 0 aliphatic heterocycles. The first kappa shape index (κ1) is 20.1. The minimum atomic E-state index is -2.92. The van der Waals surface area contributed by atoms with Crippen LogP contribution in [0.3, 0.4) is 0 Å². The highest BCUT2D eigenvalue weighted by molar-refractivity contribution is 7.59. The Labute approximate surface area is 141 Å². The number of carboxylic acid groups (broad SMARTS) is 2. The van der Waals surface area contributed by atoms with E-state index < -0.39 is 25.5 Å². The maximum atomic E-state index is 11.4. The van der Waals surface area contributed by atoms with Gasteiger partial charge in [0, 0.05) is 0 Å². The first-order valence-corrected chi connectivity index (χ1v) is 8.62. The van der Waals surface area contributed by atoms with Gasteiger partial charge in [0.25, 0.3) is 0 Å². The summed E-state index contributed by atoms with van der Waals surface area (Å²) in [5, 5.41) is 18.6. The summed E-state index contributed by atoms with van der Waals surface area (Å²) in [4.78, 5) is 32.6. The molecule has 0 amide bonds. The van der Waals surface area contributed by atoms with Crippen molar-refractivity contribution in [3.63, 3.8) is 0 Å². The van der Waals surface area contributed by atoms with Gasteiger partial charge in [0.2, 0.25) is 13.5 Å². The Kier molecular flexibility index (Phi) is 6.92. The van der Waals surface area contributed by atoms with Gasteiger partial charge in [-0.15, -0.1) is 0 Å². The number of carbonyl (C=O) groups is 2. The van der Waals surface area contributed by atoms with Gasteiger partial charge in [0.1, 0.15) is 0 Å². The highest BCUT2D eigenvalue weighted by Crippen LogP contribution is 2.56. The molecule has 0 heterocycles. The van der Waals surface area contributed by atoms with E-state index in [4.69, 9.17) is 4.84 Å². The monoisotopic (exact) mass is 358 g/mol. The van der Waals surface area contributed by atoms with Crippen LogP contribution in [-0.4, -0.2) is 77.4 Å². The summed E-state index contributed by atoms with van der Waals surface area (Å²) in [6.07, 6.45) is 0. The van der Waals surface area contributed by atoms with Crippen LogP contribution in [0.1, 0.15) is 0 Å². The Morgan fingerprint density at radius 2 is 1.46 bits per heavy atom. The molecule has 0 unspecified atom stereocenters. The van der Waals surface area contributed by atoms with E-state index in [1.807, 2.05) is 6.07 Å². The molecular weight excluding hydrogens is 335 g/mol. The zero-order valence-electron chi connectivity index (χ0n) is 14.3. The summed E-state index contributed by atoms with van der Waals surface area (Å²) in [5.74, 6) is -2.46. The van der Waals surface area contributed by atoms with Crippen molar-refractivity contribution in [3.05, 3.63) is 30.3 Å². The summed E-state index contributed by atoms with van der Waals surface area (Å²) in [5.41, 5.74) is 0. The van der Waals surface area contributed by atoms with Crippen LogP contribution in [0.25, 0.3) is 0 Å². The molecule has 24 heavy (non-hydrogen) atoms. The normalized spacial score (nSPS) is 12.0. The van der Waals surface area contributed by atoms with Crippen molar-refractivity contribution < 1.29 is 24.6 Å². The lowest BCUT2D eigenvalue weighted by Crippen LogP contribution is -2.47. The van der Waals surface area contributed by atoms with Gasteiger partial charge in [-0.2, -0.15) is 0 Å². The molecule has 0 atom stereocenters. The van der Waals surface area contributed by atoms with E-state index in [1.165, 1.54) is 11.7 Å². The summed E-state index contributed by atoms with van der Waals surface area (Å²) in [7, 11) is 5.29. The SMILES string of the molecule is CN(C)P(=NOc1ccccc1)(N(C)C)N(C)C(C(=O)O)C(=O)O. The maximum absolute atomic E-state index is 11.4. The Bertz CT molecular complexity index is 609. The van der Waals surface area contributed by atoms with E-state index in [2.05, 4.69) is 4.91 Å². The molecule has 0 spiro atoms. The standard InChI is InChI=1S/C14H23N4O5P/c1-16(2)24(17(3)4,15-23-11-9-7-6-8-10-11)18(5)12(13(19)20)14(21)22/h6-10,12H,1-5H3,(H,19,20)(H,21,22). The van der Waals surface area contributed by atoms with Crippen LogP contribution in [0.15, 0.2) is 35.2 Å². The summed E-state index contributed by atoms with van der Waals surface area (Å²) < 4.78 is 4.57. The van der Waals surface area contributed by atoms with E-state index in [-0.39, 0.29) is 0 Å². The molecule has 1 aromatic rings. The lowest BCUT2D eigenvalue weighted by atomic mass is 10.3. The van der Waals surface area contributed by atoms with Gasteiger partial charge in [0.15, 0.2) is 5.75 Å². The van der Waals surface area contributed by atoms with E-state index >= 15 is 0 Å². The first-order chi connectivity index (χ1) is 11.1. The number of nitrogens with zero attached hydrogens (tertiary/aromatic N) is 4. The van der Waals surface area contributed by atoms with Crippen molar-refractivity contribution in [2.75, 3.05) is 35.2 Å². The van der Waals surface area contributed by atoms with Gasteiger partial charge in [0.05, 0.1) is 0 Å². The lowest BCUT2D eigenvalue weighted by molar-refractivity contribution is -0.153. The second-order valence-corrected chi connectivity index (χ2v) is 8.84. The van der Waals surface area contributed by atoms with Crippen LogP contribution in [-0.2, 0) is 9.59 Å². The molecule has 1 rings (SSSR count). The number of benzene rings is 1. The van der Waals surface area contributed by atoms with Crippen molar-refractivity contribution in [1.29, 1.82) is 0 Å². The fourth-order valence-corrected chi connectivity index (χ4v) is 5.25. The minimum absolute atomic E-state index is 0.473. The van der Waals surface area contributed by atoms with Crippen molar-refractivity contribution in [3.8, 4) is 5.75 Å². The van der Waals surface area contributed by atoms with E-state index in [0.717, 1.165) is 0 Å². The molecule has 134 valence electrons. The summed E-state index contributed by atoms with van der Waals surface area (Å²) in [6, 6.07) is 7.02. The molecule has 0 fully saturated rings. The molecule has 2 N–H and O–H groups in total. The topological polar surface area (TPSA) is 106 Å². The molecular formula is C14H23N4O5P. The number of para-hydroxylation sites is 1. The molecule has 10 heteroatoms. The average molecular weight is 358 g/mol. The van der Waals surface area contributed by atoms with Crippen LogP contribution < -0.4 is 4.84 Å². The van der Waals surface area contributed by atoms with E-state index in [9.17, 15) is 19.8 Å². The smallest absolute Gasteiger partial charge is 0.333 e. The van der Waals surface area contributed by atoms with Gasteiger partial charge >= 0.3 is 11.9 Å². The predicted molar refractivity (Wildman–Crippen MR) is 90.6 cm³/mol. The fraction of sp³-hybridized carbons (Fsp3) is 0.429. The number of aliphatic carboxylic acids is 2. The first-order valence-electron chi connectivity index (χ1n) is 7.02. The van der Waals surface area contributed by atoms with E-state index in [1.54, 1.807) is 61.8 Å². The number of carboxylic acids is 2. The summed E-state index contributed by atoms with van der Waals surface area (Å²) in [6.45, 7) is 0. The van der Waals surface area contributed by atoms with Crippen LogP contribution >= 0.6 is 7.51 Å². The third-order valence-electron chi connectivity index (χ3n) is 3.34. The van der Waals surface area contributed by atoms with Crippen LogP contribution in [0.4, 0.5) is 0 Å². The molecule has 0 bridgehead atoms. The van der Waals surface area contributed by atoms with Crippen molar-refractivity contribution in [2.45, 2.75) is 6.04 Å². The second kappa shape index (κ2) is 8.25. The third kappa shape index (κ3) is 4.12. The van der Waals surface area contributed by atoms with Gasteiger partial charge in [-0.1, -0.05) is 23.1 Å². The van der Waals surface area contributed by atoms with Crippen molar-refractivity contribution >= 4 is 19.4 Å². The van der Waals surface area contributed by atoms with Gasteiger partial charge in [-0.3, -0.25) is 0 Å². The molecule has 0 aromatic heterocycles. The summed E-state index contributed by atoms with van der Waals surface area (Å²) >= 11 is 0. The molecule has 9 nitrogen and oxygen atoms in total. The lowest BCUT2D eigenvalue weighted by Gasteiger charge is -2.42. The Balaban J connectivity index is 3.43. The number of hydrogen-bond donors (Lipinski definition) is 2. The quantitative estimate of drug-likeness (QED) is 0.409. The van der Waals surface area contributed by atoms with Gasteiger partial charge in [-0.05, 0) is 47.4 Å². The highest BCUT2D eigenvalue weighted by Gasteiger charge is 2.43. The molecule has 0 saturated heterocycles. The molecule has 0 aliphatic carbocycles. The van der Waals surface area contributed by atoms with Crippen molar-refractivity contribution in [2.24, 2.45) is 4.91 Å². The third-order valence-corrected chi connectivity index (χ3v) is 6.86. The second-order valence-electron chi connectivity index (χ2n) is 5.37. The van der Waals surface area contributed by atoms with Crippen LogP contribution in [0.2, 0.25) is 0 Å². The number of rotatable bonds is 8. The Morgan fingerprint density at radius 1 is 1.00 bits per heavy atom. The Morgan fingerprint density at radius 3 is 1.83 bits per heavy atom. The number of hydrogen-bond acceptors (Lipinski definition) is 4. The highest BCUT2D eigenvalue weighted by atomic mass is 31.2. The molecule has 1 aromatic carbocycles. The van der Waals surface area contributed by atoms with Crippen LogP contribution in [0.5, 0.6) is 5.75 Å². The Hall–Kier alpha value is -1.93. The van der Waals surface area contributed by atoms with Crippen molar-refractivity contribution in [1.82, 2.24) is 14.0 Å². The molecule has 0 aliphatic rings. The van der Waals surface area contributed by atoms with Gasteiger partial charge < -0.3 is 15.1 Å². The average Bonchev–Trinajstić information content (AvgIpc) is 2.47. The van der Waals surface area contributed by atoms with Gasteiger partial charge in [-0.25, -0.2) is 23.6 Å². The predicted octanol–water partition coefficient (Wildman–Crippen LogP) is 1.52. The largest absolute Gasteiger partial charge is 0.480 e. The van der Waals surface area contributed by atoms with E-state index in [0.29, 0.717) is 5.75 Å². The van der Waals surface area contributed by atoms with Crippen LogP contribution in [0, 0.1) is 0 Å². The fourth-order valence-electron chi connectivity index (χ4n) is 2.29. The minimum Gasteiger partial charge on any atom is -0.480 e. The molecule has 0 radical (unpaired) electrons.